The fraction of sp³-hybridized carbons (Fsp3) is 0.0541. The molecule has 0 spiro atoms. The first-order valence-electron chi connectivity index (χ1n) is 13.7. The van der Waals surface area contributed by atoms with E-state index in [4.69, 9.17) is 9.84 Å². The molecule has 1 unspecified atom stereocenters. The van der Waals surface area contributed by atoms with Crippen molar-refractivity contribution in [1.82, 2.24) is 0 Å². The van der Waals surface area contributed by atoms with Gasteiger partial charge in [-0.2, -0.15) is 15.6 Å². The highest BCUT2D eigenvalue weighted by molar-refractivity contribution is 6.03. The van der Waals surface area contributed by atoms with E-state index in [1.807, 2.05) is 91.0 Å². The Kier molecular flexibility index (Phi) is 7.57. The fourth-order valence-electron chi connectivity index (χ4n) is 5.05. The number of nitriles is 2. The van der Waals surface area contributed by atoms with Gasteiger partial charge >= 0.3 is 0 Å². The molecule has 0 saturated heterocycles. The van der Waals surface area contributed by atoms with Crippen molar-refractivity contribution in [3.63, 3.8) is 0 Å². The van der Waals surface area contributed by atoms with Gasteiger partial charge in [-0.05, 0) is 47.1 Å². The van der Waals surface area contributed by atoms with Crippen molar-refractivity contribution in [1.29, 1.82) is 10.5 Å². The highest BCUT2D eigenvalue weighted by atomic mass is 16.5. The summed E-state index contributed by atoms with van der Waals surface area (Å²) in [5, 5.41) is 26.1. The van der Waals surface area contributed by atoms with E-state index in [2.05, 4.69) is 53.5 Å². The number of hydrogen-bond acceptors (Lipinski definition) is 5. The third kappa shape index (κ3) is 5.68. The first kappa shape index (κ1) is 26.3. The van der Waals surface area contributed by atoms with Crippen LogP contribution in [-0.2, 0) is 4.74 Å². The number of hydrazone groups is 1. The number of anilines is 1. The smallest absolute Gasteiger partial charge is 0.137 e. The van der Waals surface area contributed by atoms with E-state index in [9.17, 15) is 10.5 Å². The summed E-state index contributed by atoms with van der Waals surface area (Å²) in [5.74, 6) is 1.12. The first-order chi connectivity index (χ1) is 20.7. The lowest BCUT2D eigenvalue weighted by atomic mass is 9.98. The number of rotatable bonds is 6. The minimum absolute atomic E-state index is 0.0380. The summed E-state index contributed by atoms with van der Waals surface area (Å²) < 4.78 is 6.14. The SMILES string of the molecule is N#CC(C#N)=C1C=C(/C=C/c2ccc(N3N=C(c4ccccc4)CC3c3ccccc3)cc2)OC(c2ccccc2)=C1. The molecule has 4 aromatic carbocycles. The maximum absolute atomic E-state index is 9.46. The molecule has 1 atom stereocenters. The minimum Gasteiger partial charge on any atom is -0.457 e. The largest absolute Gasteiger partial charge is 0.457 e. The molecule has 0 N–H and O–H groups in total. The molecule has 2 aliphatic heterocycles. The van der Waals surface area contributed by atoms with E-state index < -0.39 is 0 Å². The summed E-state index contributed by atoms with van der Waals surface area (Å²) in [6, 6.07) is 42.8. The molecule has 200 valence electrons. The second-order valence-corrected chi connectivity index (χ2v) is 9.89. The highest BCUT2D eigenvalue weighted by Gasteiger charge is 2.29. The molecule has 5 heteroatoms. The van der Waals surface area contributed by atoms with Gasteiger partial charge in [0.05, 0.1) is 17.4 Å². The van der Waals surface area contributed by atoms with Crippen LogP contribution in [0.1, 0.15) is 34.7 Å². The Balaban J connectivity index is 1.27. The Morgan fingerprint density at radius 2 is 1.36 bits per heavy atom. The van der Waals surface area contributed by atoms with Gasteiger partial charge < -0.3 is 4.74 Å². The molecule has 6 rings (SSSR count). The minimum atomic E-state index is 0.0380. The third-order valence-electron chi connectivity index (χ3n) is 7.18. The standard InChI is InChI=1S/C37H26N4O/c38-25-32(26-39)31-22-34(42-37(23-31)30-14-8-3-9-15-30)21-18-27-16-19-33(20-17-27)41-36(29-12-6-2-7-13-29)24-35(40-41)28-10-4-1-5-11-28/h1-23,36H,24H2/b21-18+. The van der Waals surface area contributed by atoms with Crippen LogP contribution < -0.4 is 5.01 Å². The van der Waals surface area contributed by atoms with Gasteiger partial charge in [0.15, 0.2) is 0 Å². The molecule has 0 amide bonds. The van der Waals surface area contributed by atoms with Gasteiger partial charge in [-0.15, -0.1) is 0 Å². The van der Waals surface area contributed by atoms with Crippen LogP contribution in [0.3, 0.4) is 0 Å². The molecule has 0 fully saturated rings. The Labute approximate surface area is 245 Å². The van der Waals surface area contributed by atoms with Gasteiger partial charge in [0.2, 0.25) is 0 Å². The van der Waals surface area contributed by atoms with E-state index >= 15 is 0 Å². The average molecular weight is 543 g/mol. The topological polar surface area (TPSA) is 72.4 Å². The van der Waals surface area contributed by atoms with Gasteiger partial charge in [-0.3, -0.25) is 5.01 Å². The van der Waals surface area contributed by atoms with Crippen LogP contribution in [-0.4, -0.2) is 5.71 Å². The van der Waals surface area contributed by atoms with Gasteiger partial charge in [-0.1, -0.05) is 109 Å². The van der Waals surface area contributed by atoms with Crippen LogP contribution in [0.5, 0.6) is 0 Å². The summed E-state index contributed by atoms with van der Waals surface area (Å²) in [6.07, 6.45) is 8.07. The molecule has 4 aromatic rings. The number of allylic oxidation sites excluding steroid dienone is 5. The predicted octanol–water partition coefficient (Wildman–Crippen LogP) is 8.35. The molecule has 0 bridgehead atoms. The fourth-order valence-corrected chi connectivity index (χ4v) is 5.05. The quantitative estimate of drug-likeness (QED) is 0.230. The van der Waals surface area contributed by atoms with Crippen LogP contribution in [0, 0.1) is 22.7 Å². The van der Waals surface area contributed by atoms with Crippen molar-refractivity contribution in [2.75, 3.05) is 5.01 Å². The zero-order chi connectivity index (χ0) is 28.7. The van der Waals surface area contributed by atoms with Crippen LogP contribution in [0.25, 0.3) is 11.8 Å². The Morgan fingerprint density at radius 3 is 2.00 bits per heavy atom. The Hall–Kier alpha value is -5.91. The van der Waals surface area contributed by atoms with Crippen molar-refractivity contribution in [2.45, 2.75) is 12.5 Å². The lowest BCUT2D eigenvalue weighted by Crippen LogP contribution is -2.18. The van der Waals surface area contributed by atoms with Gasteiger partial charge in [-0.25, -0.2) is 0 Å². The second kappa shape index (κ2) is 12.1. The van der Waals surface area contributed by atoms with Crippen LogP contribution in [0.4, 0.5) is 5.69 Å². The highest BCUT2D eigenvalue weighted by Crippen LogP contribution is 2.37. The average Bonchev–Trinajstić information content (AvgIpc) is 3.52. The summed E-state index contributed by atoms with van der Waals surface area (Å²) in [5.41, 5.74) is 6.83. The maximum atomic E-state index is 9.46. The third-order valence-corrected chi connectivity index (χ3v) is 7.18. The normalized spacial score (nSPS) is 16.1. The summed E-state index contributed by atoms with van der Waals surface area (Å²) in [4.78, 5) is 0. The molecular formula is C37H26N4O. The van der Waals surface area contributed by atoms with E-state index in [1.165, 1.54) is 5.56 Å². The molecular weight excluding hydrogens is 516 g/mol. The number of nitrogens with zero attached hydrogens (tertiary/aromatic N) is 4. The van der Waals surface area contributed by atoms with E-state index in [1.54, 1.807) is 12.2 Å². The molecule has 42 heavy (non-hydrogen) atoms. The zero-order valence-corrected chi connectivity index (χ0v) is 22.8. The predicted molar refractivity (Wildman–Crippen MR) is 167 cm³/mol. The number of benzene rings is 4. The number of ether oxygens (including phenoxy) is 1. The van der Waals surface area contributed by atoms with Gasteiger partial charge in [0.1, 0.15) is 29.2 Å². The van der Waals surface area contributed by atoms with Gasteiger partial charge in [0.25, 0.3) is 0 Å². The molecule has 0 radical (unpaired) electrons. The Morgan fingerprint density at radius 1 is 0.738 bits per heavy atom. The second-order valence-electron chi connectivity index (χ2n) is 9.89. The van der Waals surface area contributed by atoms with Crippen LogP contribution in [0.15, 0.2) is 155 Å². The maximum Gasteiger partial charge on any atom is 0.137 e. The zero-order valence-electron chi connectivity index (χ0n) is 22.8. The van der Waals surface area contributed by atoms with Gasteiger partial charge in [0, 0.05) is 17.6 Å². The molecule has 2 aliphatic rings. The van der Waals surface area contributed by atoms with Crippen molar-refractivity contribution in [3.05, 3.63) is 173 Å². The molecule has 0 aliphatic carbocycles. The van der Waals surface area contributed by atoms with Crippen molar-refractivity contribution < 1.29 is 4.74 Å². The van der Waals surface area contributed by atoms with Crippen molar-refractivity contribution >= 4 is 23.2 Å². The lowest BCUT2D eigenvalue weighted by Gasteiger charge is -2.24. The summed E-state index contributed by atoms with van der Waals surface area (Å²) in [6.45, 7) is 0. The van der Waals surface area contributed by atoms with Crippen molar-refractivity contribution in [3.8, 4) is 12.1 Å². The monoisotopic (exact) mass is 542 g/mol. The number of hydrogen-bond donors (Lipinski definition) is 0. The van der Waals surface area contributed by atoms with E-state index in [0.29, 0.717) is 17.1 Å². The lowest BCUT2D eigenvalue weighted by molar-refractivity contribution is 0.396. The molecule has 0 saturated carbocycles. The van der Waals surface area contributed by atoms with E-state index in [-0.39, 0.29) is 11.6 Å². The van der Waals surface area contributed by atoms with Crippen LogP contribution in [0.2, 0.25) is 0 Å². The molecule has 2 heterocycles. The van der Waals surface area contributed by atoms with Crippen molar-refractivity contribution in [2.24, 2.45) is 5.10 Å². The summed E-state index contributed by atoms with van der Waals surface area (Å²) in [7, 11) is 0. The molecule has 5 nitrogen and oxygen atoms in total. The van der Waals surface area contributed by atoms with E-state index in [0.717, 1.165) is 34.5 Å². The first-order valence-corrected chi connectivity index (χ1v) is 13.7. The van der Waals surface area contributed by atoms with Crippen LogP contribution >= 0.6 is 0 Å². The molecule has 0 aromatic heterocycles. The Bertz CT molecular complexity index is 1800. The summed E-state index contributed by atoms with van der Waals surface area (Å²) >= 11 is 0.